The highest BCUT2D eigenvalue weighted by Gasteiger charge is 2.20. The smallest absolute Gasteiger partial charge is 0.335 e. The van der Waals surface area contributed by atoms with Gasteiger partial charge in [0.2, 0.25) is 0 Å². The van der Waals surface area contributed by atoms with Crippen molar-refractivity contribution in [2.45, 2.75) is 32.8 Å². The normalized spacial score (nSPS) is 12.2. The third-order valence-electron chi connectivity index (χ3n) is 2.76. The first-order valence-corrected chi connectivity index (χ1v) is 6.68. The zero-order valence-corrected chi connectivity index (χ0v) is 11.6. The monoisotopic (exact) mass is 266 g/mol. The van der Waals surface area contributed by atoms with Crippen molar-refractivity contribution < 1.29 is 19.4 Å². The number of hydrogen-bond acceptors (Lipinski definition) is 4. The molecule has 0 spiro atoms. The van der Waals surface area contributed by atoms with Crippen molar-refractivity contribution >= 4 is 5.97 Å². The summed E-state index contributed by atoms with van der Waals surface area (Å²) in [6.07, 6.45) is 0.604. The van der Waals surface area contributed by atoms with Gasteiger partial charge in [0.1, 0.15) is 0 Å². The fraction of sp³-hybridized carbons (Fsp3) is 0.533. The third kappa shape index (κ3) is 5.41. The van der Waals surface area contributed by atoms with E-state index in [2.05, 4.69) is 0 Å². The first-order valence-electron chi connectivity index (χ1n) is 6.68. The van der Waals surface area contributed by atoms with E-state index in [9.17, 15) is 4.79 Å². The van der Waals surface area contributed by atoms with Crippen LogP contribution in [0.2, 0.25) is 0 Å². The number of carbonyl (C=O) groups excluding carboxylic acids is 1. The van der Waals surface area contributed by atoms with Crippen LogP contribution in [0.15, 0.2) is 24.3 Å². The van der Waals surface area contributed by atoms with Gasteiger partial charge in [0.25, 0.3) is 0 Å². The highest BCUT2D eigenvalue weighted by molar-refractivity contribution is 5.75. The minimum absolute atomic E-state index is 0.143. The maximum absolute atomic E-state index is 11.7. The number of aliphatic hydroxyl groups excluding tert-OH is 1. The Kier molecular flexibility index (Phi) is 7.15. The number of hydrogen-bond donors (Lipinski definition) is 1. The zero-order valence-electron chi connectivity index (χ0n) is 11.6. The number of carbonyl (C=O) groups is 1. The van der Waals surface area contributed by atoms with Gasteiger partial charge in [-0.15, -0.1) is 0 Å². The quantitative estimate of drug-likeness (QED) is 0.728. The molecule has 4 heteroatoms. The second kappa shape index (κ2) is 8.67. The predicted octanol–water partition coefficient (Wildman–Crippen LogP) is 1.73. The summed E-state index contributed by atoms with van der Waals surface area (Å²) < 4.78 is 10.4. The molecule has 0 fully saturated rings. The van der Waals surface area contributed by atoms with Crippen LogP contribution in [0.1, 0.15) is 25.0 Å². The molecule has 106 valence electrons. The molecule has 0 aliphatic carbocycles. The van der Waals surface area contributed by atoms with Gasteiger partial charge in [0.05, 0.1) is 6.61 Å². The van der Waals surface area contributed by atoms with Crippen LogP contribution in [0.5, 0.6) is 0 Å². The molecule has 0 saturated carbocycles. The zero-order chi connectivity index (χ0) is 14.1. The summed E-state index contributed by atoms with van der Waals surface area (Å²) in [6, 6.07) is 7.83. The lowest BCUT2D eigenvalue weighted by atomic mass is 10.0. The van der Waals surface area contributed by atoms with Crippen LogP contribution in [0.25, 0.3) is 0 Å². The molecule has 0 aromatic heterocycles. The van der Waals surface area contributed by atoms with Crippen molar-refractivity contribution in [1.82, 2.24) is 0 Å². The molecule has 0 aliphatic rings. The second-order valence-electron chi connectivity index (χ2n) is 4.19. The van der Waals surface area contributed by atoms with Gasteiger partial charge in [-0.3, -0.25) is 0 Å². The summed E-state index contributed by atoms with van der Waals surface area (Å²) in [6.45, 7) is 4.62. The van der Waals surface area contributed by atoms with Crippen LogP contribution in [0, 0.1) is 0 Å². The van der Waals surface area contributed by atoms with Crippen molar-refractivity contribution in [3.63, 3.8) is 0 Å². The van der Waals surface area contributed by atoms with Crippen LogP contribution in [0.3, 0.4) is 0 Å². The highest BCUT2D eigenvalue weighted by atomic mass is 16.6. The Balaban J connectivity index is 2.64. The van der Waals surface area contributed by atoms with Crippen molar-refractivity contribution in [2.75, 3.05) is 19.8 Å². The molecular formula is C15H22O4. The average molecular weight is 266 g/mol. The van der Waals surface area contributed by atoms with E-state index in [1.54, 1.807) is 6.92 Å². The average Bonchev–Trinajstić information content (AvgIpc) is 2.41. The molecule has 1 atom stereocenters. The Morgan fingerprint density at radius 2 is 1.79 bits per heavy atom. The van der Waals surface area contributed by atoms with Gasteiger partial charge < -0.3 is 14.6 Å². The summed E-state index contributed by atoms with van der Waals surface area (Å²) in [7, 11) is 0. The highest BCUT2D eigenvalue weighted by Crippen LogP contribution is 2.10. The summed E-state index contributed by atoms with van der Waals surface area (Å²) in [5.74, 6) is -0.316. The summed E-state index contributed by atoms with van der Waals surface area (Å²) in [4.78, 5) is 11.7. The molecule has 1 aromatic carbocycles. The van der Waals surface area contributed by atoms with Gasteiger partial charge in [-0.1, -0.05) is 24.3 Å². The van der Waals surface area contributed by atoms with Gasteiger partial charge in [-0.05, 0) is 31.4 Å². The maximum Gasteiger partial charge on any atom is 0.335 e. The number of ether oxygens (including phenoxy) is 2. The van der Waals surface area contributed by atoms with Crippen molar-refractivity contribution in [3.05, 3.63) is 35.4 Å². The standard InChI is InChI=1S/C15H22O4/c1-3-18-14(15(17)19-4-2)11-13-7-5-12(6-8-13)9-10-16/h5-8,14,16H,3-4,9-11H2,1-2H3/t14-/m0/s1. The lowest BCUT2D eigenvalue weighted by molar-refractivity contribution is -0.156. The number of aliphatic hydroxyl groups is 1. The van der Waals surface area contributed by atoms with E-state index >= 15 is 0 Å². The first-order chi connectivity index (χ1) is 9.21. The number of rotatable bonds is 8. The van der Waals surface area contributed by atoms with Gasteiger partial charge in [-0.25, -0.2) is 4.79 Å². The fourth-order valence-electron chi connectivity index (χ4n) is 1.83. The minimum Gasteiger partial charge on any atom is -0.464 e. The molecular weight excluding hydrogens is 244 g/mol. The molecule has 19 heavy (non-hydrogen) atoms. The number of esters is 1. The van der Waals surface area contributed by atoms with Gasteiger partial charge in [-0.2, -0.15) is 0 Å². The molecule has 1 aromatic rings. The van der Waals surface area contributed by atoms with E-state index < -0.39 is 6.10 Å². The van der Waals surface area contributed by atoms with E-state index in [0.717, 1.165) is 11.1 Å². The number of benzene rings is 1. The Labute approximate surface area is 114 Å². The van der Waals surface area contributed by atoms with Crippen molar-refractivity contribution in [1.29, 1.82) is 0 Å². The molecule has 0 radical (unpaired) electrons. The molecule has 0 heterocycles. The van der Waals surface area contributed by atoms with E-state index in [-0.39, 0.29) is 12.6 Å². The lowest BCUT2D eigenvalue weighted by Crippen LogP contribution is -2.29. The molecule has 1 rings (SSSR count). The van der Waals surface area contributed by atoms with E-state index in [1.165, 1.54) is 0 Å². The van der Waals surface area contributed by atoms with Gasteiger partial charge in [0, 0.05) is 19.6 Å². The Morgan fingerprint density at radius 1 is 1.16 bits per heavy atom. The Hall–Kier alpha value is -1.39. The Morgan fingerprint density at radius 3 is 2.32 bits per heavy atom. The van der Waals surface area contributed by atoms with E-state index in [4.69, 9.17) is 14.6 Å². The van der Waals surface area contributed by atoms with Gasteiger partial charge >= 0.3 is 5.97 Å². The minimum atomic E-state index is -0.548. The van der Waals surface area contributed by atoms with Crippen LogP contribution in [0.4, 0.5) is 0 Å². The second-order valence-corrected chi connectivity index (χ2v) is 4.19. The van der Waals surface area contributed by atoms with Crippen LogP contribution >= 0.6 is 0 Å². The largest absolute Gasteiger partial charge is 0.464 e. The SMILES string of the molecule is CCOC(=O)[C@H](Cc1ccc(CCO)cc1)OCC. The summed E-state index contributed by atoms with van der Waals surface area (Å²) in [5.41, 5.74) is 2.10. The molecule has 0 amide bonds. The molecule has 4 nitrogen and oxygen atoms in total. The lowest BCUT2D eigenvalue weighted by Gasteiger charge is -2.15. The van der Waals surface area contributed by atoms with Crippen molar-refractivity contribution in [3.8, 4) is 0 Å². The van der Waals surface area contributed by atoms with Gasteiger partial charge in [0.15, 0.2) is 6.10 Å². The molecule has 1 N–H and O–H groups in total. The van der Waals surface area contributed by atoms with Crippen LogP contribution in [-0.4, -0.2) is 37.0 Å². The topological polar surface area (TPSA) is 55.8 Å². The maximum atomic E-state index is 11.7. The molecule has 0 saturated heterocycles. The predicted molar refractivity (Wildman–Crippen MR) is 73.0 cm³/mol. The third-order valence-corrected chi connectivity index (χ3v) is 2.76. The summed E-state index contributed by atoms with van der Waals surface area (Å²) >= 11 is 0. The van der Waals surface area contributed by atoms with Crippen molar-refractivity contribution in [2.24, 2.45) is 0 Å². The van der Waals surface area contributed by atoms with Crippen LogP contribution in [-0.2, 0) is 27.1 Å². The summed E-state index contributed by atoms with van der Waals surface area (Å²) in [5, 5.41) is 8.86. The fourth-order valence-corrected chi connectivity index (χ4v) is 1.83. The molecule has 0 aliphatic heterocycles. The molecule has 0 unspecified atom stereocenters. The first kappa shape index (κ1) is 15.7. The molecule has 0 bridgehead atoms. The van der Waals surface area contributed by atoms with E-state index in [1.807, 2.05) is 31.2 Å². The van der Waals surface area contributed by atoms with E-state index in [0.29, 0.717) is 26.1 Å². The Bertz CT molecular complexity index is 372. The van der Waals surface area contributed by atoms with Crippen LogP contribution < -0.4 is 0 Å².